The second kappa shape index (κ2) is 8.31. The number of likely N-dealkylation sites (tertiary alicyclic amines) is 1. The van der Waals surface area contributed by atoms with Crippen molar-refractivity contribution in [3.05, 3.63) is 58.7 Å². The number of amides is 2. The van der Waals surface area contributed by atoms with Gasteiger partial charge in [0.1, 0.15) is 5.82 Å². The summed E-state index contributed by atoms with van der Waals surface area (Å²) in [6.45, 7) is 6.47. The Bertz CT molecular complexity index is 927. The van der Waals surface area contributed by atoms with Gasteiger partial charge in [-0.1, -0.05) is 29.8 Å². The smallest absolute Gasteiger partial charge is 0.227 e. The molecular weight excluding hydrogens is 364 g/mol. The van der Waals surface area contributed by atoms with Crippen LogP contribution in [0.3, 0.4) is 0 Å². The van der Waals surface area contributed by atoms with E-state index in [4.69, 9.17) is 4.98 Å². The van der Waals surface area contributed by atoms with Gasteiger partial charge in [0.15, 0.2) is 0 Å². The number of benzene rings is 1. The van der Waals surface area contributed by atoms with Crippen LogP contribution < -0.4 is 0 Å². The number of nitrogens with zero attached hydrogens (tertiary/aromatic N) is 4. The molecule has 1 aromatic carbocycles. The fourth-order valence-electron chi connectivity index (χ4n) is 4.32. The van der Waals surface area contributed by atoms with Crippen molar-refractivity contribution in [3.63, 3.8) is 0 Å². The lowest BCUT2D eigenvalue weighted by molar-refractivity contribution is -0.131. The summed E-state index contributed by atoms with van der Waals surface area (Å²) in [5, 5.41) is 0. The van der Waals surface area contributed by atoms with E-state index in [1.807, 2.05) is 41.1 Å². The van der Waals surface area contributed by atoms with E-state index in [0.717, 1.165) is 48.5 Å². The average Bonchev–Trinajstić information content (AvgIpc) is 2.73. The summed E-state index contributed by atoms with van der Waals surface area (Å²) in [6, 6.07) is 8.12. The summed E-state index contributed by atoms with van der Waals surface area (Å²) < 4.78 is 0. The molecule has 1 saturated heterocycles. The first kappa shape index (κ1) is 19.6. The number of carbonyl (C=O) groups excluding carboxylic acids is 2. The third kappa shape index (κ3) is 4.47. The fourth-order valence-corrected chi connectivity index (χ4v) is 4.32. The van der Waals surface area contributed by atoms with Crippen molar-refractivity contribution in [1.29, 1.82) is 0 Å². The van der Waals surface area contributed by atoms with Gasteiger partial charge in [0, 0.05) is 57.2 Å². The van der Waals surface area contributed by atoms with Crippen molar-refractivity contribution < 1.29 is 9.59 Å². The monoisotopic (exact) mass is 392 g/mol. The van der Waals surface area contributed by atoms with Crippen LogP contribution in [0.5, 0.6) is 0 Å². The summed E-state index contributed by atoms with van der Waals surface area (Å²) in [6.07, 6.45) is 5.08. The quantitative estimate of drug-likeness (QED) is 0.805. The van der Waals surface area contributed by atoms with E-state index in [2.05, 4.69) is 11.1 Å². The van der Waals surface area contributed by atoms with E-state index in [9.17, 15) is 9.59 Å². The van der Waals surface area contributed by atoms with Crippen LogP contribution in [0.2, 0.25) is 0 Å². The SMILES string of the molecule is CC(=O)N1CCC[C@@H](c2ncc3c(n2)CCN(C(=O)Cc2cccc(C)c2)C3)C1. The summed E-state index contributed by atoms with van der Waals surface area (Å²) >= 11 is 0. The highest BCUT2D eigenvalue weighted by Crippen LogP contribution is 2.26. The lowest BCUT2D eigenvalue weighted by atomic mass is 9.96. The molecule has 6 nitrogen and oxygen atoms in total. The molecule has 2 amide bonds. The normalized spacial score (nSPS) is 19.0. The number of carbonyl (C=O) groups is 2. The van der Waals surface area contributed by atoms with E-state index in [1.165, 1.54) is 5.56 Å². The van der Waals surface area contributed by atoms with Crippen LogP contribution in [0.4, 0.5) is 0 Å². The first-order valence-electron chi connectivity index (χ1n) is 10.4. The molecule has 0 aliphatic carbocycles. The predicted octanol–water partition coefficient (Wildman–Crippen LogP) is 2.64. The Balaban J connectivity index is 1.43. The molecule has 0 bridgehead atoms. The van der Waals surface area contributed by atoms with Crippen molar-refractivity contribution in [2.24, 2.45) is 0 Å². The van der Waals surface area contributed by atoms with Gasteiger partial charge < -0.3 is 9.80 Å². The zero-order valence-corrected chi connectivity index (χ0v) is 17.2. The number of aromatic nitrogens is 2. The summed E-state index contributed by atoms with van der Waals surface area (Å²) in [5.41, 5.74) is 4.32. The molecule has 1 aromatic heterocycles. The zero-order valence-electron chi connectivity index (χ0n) is 17.2. The first-order valence-corrected chi connectivity index (χ1v) is 10.4. The Kier molecular flexibility index (Phi) is 5.60. The number of aryl methyl sites for hydroxylation is 1. The Morgan fingerprint density at radius 3 is 2.86 bits per heavy atom. The first-order chi connectivity index (χ1) is 14.0. The largest absolute Gasteiger partial charge is 0.342 e. The van der Waals surface area contributed by atoms with Crippen LogP contribution in [0.1, 0.15) is 53.9 Å². The third-order valence-corrected chi connectivity index (χ3v) is 5.97. The van der Waals surface area contributed by atoms with Crippen molar-refractivity contribution in [3.8, 4) is 0 Å². The molecular formula is C23H28N4O2. The number of fused-ring (bicyclic) bond motifs is 1. The van der Waals surface area contributed by atoms with Crippen molar-refractivity contribution in [1.82, 2.24) is 19.8 Å². The molecule has 3 heterocycles. The van der Waals surface area contributed by atoms with Gasteiger partial charge in [0.05, 0.1) is 12.1 Å². The molecule has 1 atom stereocenters. The Morgan fingerprint density at radius 2 is 2.07 bits per heavy atom. The molecule has 0 spiro atoms. The molecule has 6 heteroatoms. The molecule has 2 aromatic rings. The minimum absolute atomic E-state index is 0.121. The molecule has 2 aliphatic heterocycles. The lowest BCUT2D eigenvalue weighted by Gasteiger charge is -2.32. The molecule has 0 unspecified atom stereocenters. The van der Waals surface area contributed by atoms with E-state index in [-0.39, 0.29) is 17.7 Å². The standard InChI is InChI=1S/C23H28N4O2/c1-16-5-3-6-18(11-16)12-22(29)27-10-8-21-20(15-27)13-24-23(25-21)19-7-4-9-26(14-19)17(2)28/h3,5-6,11,13,19H,4,7-10,12,14-15H2,1-2H3/t19-/m1/s1. The molecule has 0 N–H and O–H groups in total. The van der Waals surface area contributed by atoms with Gasteiger partial charge in [-0.15, -0.1) is 0 Å². The van der Waals surface area contributed by atoms with Crippen LogP contribution in [-0.2, 0) is 29.0 Å². The van der Waals surface area contributed by atoms with Gasteiger partial charge in [0.2, 0.25) is 11.8 Å². The van der Waals surface area contributed by atoms with Gasteiger partial charge in [-0.25, -0.2) is 9.97 Å². The molecule has 4 rings (SSSR count). The van der Waals surface area contributed by atoms with Crippen LogP contribution >= 0.6 is 0 Å². The average molecular weight is 393 g/mol. The van der Waals surface area contributed by atoms with Gasteiger partial charge in [-0.2, -0.15) is 0 Å². The Hall–Kier alpha value is -2.76. The zero-order chi connectivity index (χ0) is 20.4. The summed E-state index contributed by atoms with van der Waals surface area (Å²) in [4.78, 5) is 37.7. The predicted molar refractivity (Wildman–Crippen MR) is 110 cm³/mol. The number of rotatable bonds is 3. The van der Waals surface area contributed by atoms with E-state index >= 15 is 0 Å². The highest BCUT2D eigenvalue weighted by molar-refractivity contribution is 5.79. The highest BCUT2D eigenvalue weighted by atomic mass is 16.2. The second-order valence-corrected chi connectivity index (χ2v) is 8.24. The molecule has 0 radical (unpaired) electrons. The number of hydrogen-bond donors (Lipinski definition) is 0. The lowest BCUT2D eigenvalue weighted by Crippen LogP contribution is -2.39. The molecule has 152 valence electrons. The Morgan fingerprint density at radius 1 is 1.21 bits per heavy atom. The third-order valence-electron chi connectivity index (χ3n) is 5.97. The summed E-state index contributed by atoms with van der Waals surface area (Å²) in [7, 11) is 0. The van der Waals surface area contributed by atoms with E-state index in [1.54, 1.807) is 6.92 Å². The maximum atomic E-state index is 12.8. The number of hydrogen-bond acceptors (Lipinski definition) is 4. The molecule has 1 fully saturated rings. The molecule has 2 aliphatic rings. The number of piperidine rings is 1. The van der Waals surface area contributed by atoms with Crippen LogP contribution in [0, 0.1) is 6.92 Å². The maximum absolute atomic E-state index is 12.8. The second-order valence-electron chi connectivity index (χ2n) is 8.24. The maximum Gasteiger partial charge on any atom is 0.227 e. The van der Waals surface area contributed by atoms with Crippen LogP contribution in [0.25, 0.3) is 0 Å². The topological polar surface area (TPSA) is 66.4 Å². The van der Waals surface area contributed by atoms with Gasteiger partial charge in [-0.3, -0.25) is 9.59 Å². The highest BCUT2D eigenvalue weighted by Gasteiger charge is 2.27. The molecule has 29 heavy (non-hydrogen) atoms. The van der Waals surface area contributed by atoms with Crippen LogP contribution in [0.15, 0.2) is 30.5 Å². The van der Waals surface area contributed by atoms with Crippen molar-refractivity contribution in [2.75, 3.05) is 19.6 Å². The van der Waals surface area contributed by atoms with Gasteiger partial charge in [0.25, 0.3) is 0 Å². The minimum Gasteiger partial charge on any atom is -0.342 e. The summed E-state index contributed by atoms with van der Waals surface area (Å²) in [5.74, 6) is 1.32. The fraction of sp³-hybridized carbons (Fsp3) is 0.478. The Labute approximate surface area is 172 Å². The van der Waals surface area contributed by atoms with Crippen LogP contribution in [-0.4, -0.2) is 51.2 Å². The van der Waals surface area contributed by atoms with E-state index in [0.29, 0.717) is 26.1 Å². The molecule has 0 saturated carbocycles. The van der Waals surface area contributed by atoms with Crippen molar-refractivity contribution in [2.45, 2.75) is 52.0 Å². The minimum atomic E-state index is 0.121. The van der Waals surface area contributed by atoms with Gasteiger partial charge >= 0.3 is 0 Å². The van der Waals surface area contributed by atoms with Gasteiger partial charge in [-0.05, 0) is 25.3 Å². The van der Waals surface area contributed by atoms with Crippen molar-refractivity contribution >= 4 is 11.8 Å². The van der Waals surface area contributed by atoms with E-state index < -0.39 is 0 Å².